The number of amides is 1. The van der Waals surface area contributed by atoms with Crippen LogP contribution in [0, 0.1) is 0 Å². The molecule has 0 spiro atoms. The molecule has 11 nitrogen and oxygen atoms in total. The van der Waals surface area contributed by atoms with Gasteiger partial charge in [0.2, 0.25) is 5.91 Å². The molecule has 0 fully saturated rings. The summed E-state index contributed by atoms with van der Waals surface area (Å²) in [6.45, 7) is 5.30. The average molecular weight is 714 g/mol. The van der Waals surface area contributed by atoms with Crippen LogP contribution in [0.25, 0.3) is 0 Å². The third-order valence-electron chi connectivity index (χ3n) is 8.73. The zero-order valence-corrected chi connectivity index (χ0v) is 35.9. The van der Waals surface area contributed by atoms with Gasteiger partial charge < -0.3 is 39.3 Å². The molecule has 0 aliphatic carbocycles. The van der Waals surface area contributed by atoms with Gasteiger partial charge in [0.25, 0.3) is 0 Å². The van der Waals surface area contributed by atoms with Gasteiger partial charge in [0, 0.05) is 19.9 Å². The van der Waals surface area contributed by atoms with Gasteiger partial charge in [-0.15, -0.1) is 0 Å². The molecule has 49 heavy (non-hydrogen) atoms. The Balaban J connectivity index is -0.000000889. The van der Waals surface area contributed by atoms with E-state index in [-0.39, 0.29) is 89.2 Å². The maximum absolute atomic E-state index is 11.5. The van der Waals surface area contributed by atoms with Crippen molar-refractivity contribution in [2.24, 2.45) is 4.99 Å². The maximum Gasteiger partial charge on any atom is 1.00 e. The summed E-state index contributed by atoms with van der Waals surface area (Å²) >= 11 is 0. The Kier molecular flexibility index (Phi) is 38.7. The molecule has 1 aliphatic heterocycles. The normalized spacial score (nSPS) is 14.9. The molecule has 1 amide bonds. The number of hydrogen-bond acceptors (Lipinski definition) is 9. The molecule has 1 atom stereocenters. The van der Waals surface area contributed by atoms with Crippen molar-refractivity contribution >= 4 is 29.7 Å². The fourth-order valence-corrected chi connectivity index (χ4v) is 5.93. The van der Waals surface area contributed by atoms with Gasteiger partial charge in [-0.05, 0) is 12.8 Å². The van der Waals surface area contributed by atoms with Crippen molar-refractivity contribution in [2.75, 3.05) is 53.0 Å². The van der Waals surface area contributed by atoms with E-state index >= 15 is 0 Å². The van der Waals surface area contributed by atoms with E-state index in [0.717, 1.165) is 37.9 Å². The van der Waals surface area contributed by atoms with Gasteiger partial charge in [0.05, 0.1) is 44.2 Å². The van der Waals surface area contributed by atoms with Crippen LogP contribution in [0.2, 0.25) is 0 Å². The van der Waals surface area contributed by atoms with E-state index in [1.165, 1.54) is 108 Å². The predicted octanol–water partition coefficient (Wildman–Crippen LogP) is -2.83. The zero-order valence-electron chi connectivity index (χ0n) is 31.9. The van der Waals surface area contributed by atoms with Gasteiger partial charge in [0.15, 0.2) is 5.84 Å². The average Bonchev–Trinajstić information content (AvgIpc) is 3.40. The van der Waals surface area contributed by atoms with Crippen LogP contribution in [0.3, 0.4) is 0 Å². The van der Waals surface area contributed by atoms with E-state index in [1.807, 2.05) is 0 Å². The topological polar surface area (TPSA) is 162 Å². The number of carbonyl (C=O) groups excluding carboxylic acids is 4. The van der Waals surface area contributed by atoms with Crippen molar-refractivity contribution in [3.63, 3.8) is 0 Å². The van der Waals surface area contributed by atoms with Crippen molar-refractivity contribution in [3.8, 4) is 0 Å². The van der Waals surface area contributed by atoms with E-state index in [1.54, 1.807) is 0 Å². The SMILES string of the molecule is CCCCCCCCCCCC(=O)N(C)CC(=O)[O-].CCCCCCCCCCCCC1=NCC[N+]1(CCOCC(=O)[O-])CC(=O)[O-].[Na+].[Na+]. The molecule has 0 bridgehead atoms. The van der Waals surface area contributed by atoms with Crippen molar-refractivity contribution in [2.45, 2.75) is 149 Å². The van der Waals surface area contributed by atoms with Crippen LogP contribution in [0.4, 0.5) is 0 Å². The summed E-state index contributed by atoms with van der Waals surface area (Å²) in [6, 6.07) is 0. The molecule has 13 heteroatoms. The number of likely N-dealkylation sites (N-methyl/N-ethyl adjacent to an activating group) is 1. The van der Waals surface area contributed by atoms with Crippen LogP contribution < -0.4 is 74.4 Å². The number of unbranched alkanes of at least 4 members (excludes halogenated alkanes) is 17. The number of carboxylic acid groups (broad SMARTS) is 3. The quantitative estimate of drug-likeness (QED) is 0.0437. The molecule has 0 aromatic carbocycles. The van der Waals surface area contributed by atoms with Crippen LogP contribution in [0.15, 0.2) is 4.99 Å². The molecule has 0 radical (unpaired) electrons. The minimum Gasteiger partial charge on any atom is -0.548 e. The van der Waals surface area contributed by atoms with Gasteiger partial charge in [-0.3, -0.25) is 9.28 Å². The fraction of sp³-hybridized carbons (Fsp3) is 0.861. The van der Waals surface area contributed by atoms with E-state index in [0.29, 0.717) is 26.1 Å². The Morgan fingerprint density at radius 3 is 1.61 bits per heavy atom. The molecule has 1 heterocycles. The van der Waals surface area contributed by atoms with Crippen LogP contribution in [-0.2, 0) is 23.9 Å². The Morgan fingerprint density at radius 2 is 1.16 bits per heavy atom. The molecule has 1 aliphatic rings. The molecule has 274 valence electrons. The number of ether oxygens (including phenoxy) is 1. The Labute approximate surface area is 341 Å². The second-order valence-electron chi connectivity index (χ2n) is 13.0. The summed E-state index contributed by atoms with van der Waals surface area (Å²) in [5, 5.41) is 32.1. The molecule has 0 aromatic rings. The monoisotopic (exact) mass is 713 g/mol. The third kappa shape index (κ3) is 30.8. The first-order chi connectivity index (χ1) is 22.6. The standard InChI is InChI=1S/C21H38N2O5.C15H29NO3.2Na/c1-2-3-4-5-6-7-8-9-10-11-12-19-22-13-14-23(19,17-20(24)25)15-16-28-18-21(26)27;1-3-4-5-6-7-8-9-10-11-12-14(17)16(2)13-15(18)19;;/h2-18H2,1H3,(H-,24,25,26,27);3-13H2,1-2H3,(H,18,19);;/q;;2*+1/p-2. The second-order valence-corrected chi connectivity index (χ2v) is 13.0. The van der Waals surface area contributed by atoms with E-state index < -0.39 is 24.5 Å². The molecular formula is C36H65N3Na2O8. The van der Waals surface area contributed by atoms with Crippen LogP contribution in [0.1, 0.15) is 149 Å². The minimum absolute atomic E-state index is 0. The summed E-state index contributed by atoms with van der Waals surface area (Å²) in [4.78, 5) is 49.3. The number of quaternary nitrogens is 1. The first-order valence-corrected chi connectivity index (χ1v) is 18.4. The van der Waals surface area contributed by atoms with Gasteiger partial charge in [-0.25, -0.2) is 4.99 Å². The smallest absolute Gasteiger partial charge is 0.548 e. The molecule has 1 rings (SSSR count). The largest absolute Gasteiger partial charge is 1.00 e. The molecule has 0 saturated heterocycles. The van der Waals surface area contributed by atoms with Gasteiger partial charge in [0.1, 0.15) is 19.6 Å². The maximum atomic E-state index is 11.5. The molecule has 1 unspecified atom stereocenters. The van der Waals surface area contributed by atoms with Crippen LogP contribution in [0.5, 0.6) is 0 Å². The van der Waals surface area contributed by atoms with Crippen molar-refractivity contribution in [1.29, 1.82) is 0 Å². The number of hydrogen-bond donors (Lipinski definition) is 0. The minimum atomic E-state index is -1.27. The summed E-state index contributed by atoms with van der Waals surface area (Å²) in [6.07, 6.45) is 24.6. The van der Waals surface area contributed by atoms with Crippen molar-refractivity contribution in [1.82, 2.24) is 4.90 Å². The number of nitrogens with zero attached hydrogens (tertiary/aromatic N) is 3. The van der Waals surface area contributed by atoms with Crippen LogP contribution >= 0.6 is 0 Å². The van der Waals surface area contributed by atoms with Crippen molar-refractivity contribution < 1.29 is 103 Å². The Bertz CT molecular complexity index is 894. The molecule has 0 aromatic heterocycles. The van der Waals surface area contributed by atoms with E-state index in [4.69, 9.17) is 4.74 Å². The fourth-order valence-electron chi connectivity index (χ4n) is 5.93. The van der Waals surface area contributed by atoms with Gasteiger partial charge in [-0.2, -0.15) is 0 Å². The first kappa shape index (κ1) is 52.8. The second kappa shape index (κ2) is 35.9. The van der Waals surface area contributed by atoms with Crippen LogP contribution in [-0.4, -0.2) is 92.0 Å². The third-order valence-corrected chi connectivity index (χ3v) is 8.73. The van der Waals surface area contributed by atoms with Gasteiger partial charge in [-0.1, -0.05) is 123 Å². The van der Waals surface area contributed by atoms with E-state index in [2.05, 4.69) is 18.8 Å². The predicted molar refractivity (Wildman–Crippen MR) is 179 cm³/mol. The first-order valence-electron chi connectivity index (χ1n) is 18.4. The van der Waals surface area contributed by atoms with Gasteiger partial charge >= 0.3 is 59.1 Å². The summed E-state index contributed by atoms with van der Waals surface area (Å²) in [5.41, 5.74) is 0. The van der Waals surface area contributed by atoms with E-state index in [9.17, 15) is 34.5 Å². The van der Waals surface area contributed by atoms with Crippen molar-refractivity contribution in [3.05, 3.63) is 0 Å². The summed E-state index contributed by atoms with van der Waals surface area (Å²) < 4.78 is 5.30. The summed E-state index contributed by atoms with van der Waals surface area (Å²) in [5.74, 6) is -2.81. The number of carboxylic acids is 3. The molecule has 0 saturated carbocycles. The number of carbonyl (C=O) groups is 4. The number of aliphatic carboxylic acids is 3. The Hall–Kier alpha value is -0.530. The number of amidine groups is 1. The zero-order chi connectivity index (χ0) is 35.2. The number of aliphatic imine (C=N–C) groups is 1. The summed E-state index contributed by atoms with van der Waals surface area (Å²) in [7, 11) is 1.51. The number of rotatable bonds is 30. The molecular weight excluding hydrogens is 648 g/mol. The molecule has 0 N–H and O–H groups in total. The Morgan fingerprint density at radius 1 is 0.694 bits per heavy atom.